The van der Waals surface area contributed by atoms with Gasteiger partial charge in [0.25, 0.3) is 0 Å². The molecule has 0 unspecified atom stereocenters. The number of amides is 1. The molecule has 0 N–H and O–H groups in total. The molecule has 4 rings (SSSR count). The van der Waals surface area contributed by atoms with Gasteiger partial charge in [-0.1, -0.05) is 48.5 Å². The minimum atomic E-state index is -0.394. The van der Waals surface area contributed by atoms with Gasteiger partial charge in [-0.3, -0.25) is 4.79 Å². The van der Waals surface area contributed by atoms with Crippen LogP contribution in [-0.2, 0) is 11.3 Å². The number of carbonyl (C=O) groups excluding carboxylic acids is 1. The van der Waals surface area contributed by atoms with E-state index in [1.165, 1.54) is 0 Å². The average Bonchev–Trinajstić information content (AvgIpc) is 2.72. The summed E-state index contributed by atoms with van der Waals surface area (Å²) in [5.74, 6) is 1.07. The molecule has 4 nitrogen and oxygen atoms in total. The molecule has 0 atom stereocenters. The number of ether oxygens (including phenoxy) is 1. The normalized spacial score (nSPS) is 12.3. The Morgan fingerprint density at radius 2 is 1.52 bits per heavy atom. The monoisotopic (exact) mass is 354 g/mol. The van der Waals surface area contributed by atoms with Crippen LogP contribution in [0.25, 0.3) is 0 Å². The minimum absolute atomic E-state index is 0.0163. The van der Waals surface area contributed by atoms with Gasteiger partial charge >= 0.3 is 0 Å². The van der Waals surface area contributed by atoms with Crippen molar-refractivity contribution < 1.29 is 9.53 Å². The van der Waals surface area contributed by atoms with E-state index >= 15 is 0 Å². The lowest BCUT2D eigenvalue weighted by Crippen LogP contribution is -2.33. The van der Waals surface area contributed by atoms with Gasteiger partial charge in [0.05, 0.1) is 17.6 Å². The number of likely N-dealkylation sites (N-methyl/N-ethyl adjacent to an activating group) is 1. The molecule has 3 aromatic rings. The predicted octanol–water partition coefficient (Wildman–Crippen LogP) is 4.45. The molecular weight excluding hydrogens is 336 g/mol. The Labute approximate surface area is 158 Å². The molecule has 0 saturated carbocycles. The van der Waals surface area contributed by atoms with Crippen LogP contribution < -0.4 is 4.74 Å². The number of benzene rings is 3. The quantitative estimate of drug-likeness (QED) is 0.698. The third-order valence-corrected chi connectivity index (χ3v) is 4.81. The maximum absolute atomic E-state index is 13.4. The molecule has 1 heterocycles. The van der Waals surface area contributed by atoms with Crippen LogP contribution in [0, 0.1) is 11.3 Å². The van der Waals surface area contributed by atoms with E-state index in [0.29, 0.717) is 12.1 Å². The van der Waals surface area contributed by atoms with Gasteiger partial charge in [0.15, 0.2) is 0 Å². The van der Waals surface area contributed by atoms with Crippen molar-refractivity contribution in [2.75, 3.05) is 7.05 Å². The van der Waals surface area contributed by atoms with E-state index in [-0.39, 0.29) is 5.91 Å². The largest absolute Gasteiger partial charge is 0.457 e. The smallest absolute Gasteiger partial charge is 0.234 e. The Kier molecular flexibility index (Phi) is 4.35. The SMILES string of the molecule is CN(Cc1ccc(C#N)cc1)C(=O)C1c2ccccc2Oc2ccccc21. The fourth-order valence-electron chi connectivity index (χ4n) is 3.43. The van der Waals surface area contributed by atoms with Gasteiger partial charge in [0.2, 0.25) is 5.91 Å². The number of para-hydroxylation sites is 2. The highest BCUT2D eigenvalue weighted by molar-refractivity contribution is 5.89. The fraction of sp³-hybridized carbons (Fsp3) is 0.130. The lowest BCUT2D eigenvalue weighted by atomic mass is 9.87. The number of nitriles is 1. The van der Waals surface area contributed by atoms with Crippen LogP contribution in [0.15, 0.2) is 72.8 Å². The number of rotatable bonds is 3. The Hall–Kier alpha value is -3.58. The second-order valence-corrected chi connectivity index (χ2v) is 6.61. The van der Waals surface area contributed by atoms with Crippen molar-refractivity contribution in [1.29, 1.82) is 5.26 Å². The van der Waals surface area contributed by atoms with Gasteiger partial charge in [0.1, 0.15) is 11.5 Å². The Morgan fingerprint density at radius 3 is 2.07 bits per heavy atom. The van der Waals surface area contributed by atoms with E-state index in [1.54, 1.807) is 24.1 Å². The van der Waals surface area contributed by atoms with E-state index in [9.17, 15) is 4.79 Å². The zero-order chi connectivity index (χ0) is 18.8. The summed E-state index contributed by atoms with van der Waals surface area (Å²) in [6.07, 6.45) is 0. The van der Waals surface area contributed by atoms with Crippen molar-refractivity contribution in [3.63, 3.8) is 0 Å². The summed E-state index contributed by atoms with van der Waals surface area (Å²) < 4.78 is 5.98. The first kappa shape index (κ1) is 16.9. The van der Waals surface area contributed by atoms with Crippen LogP contribution in [0.3, 0.4) is 0 Å². The standard InChI is InChI=1S/C23H18N2O2/c1-25(15-17-12-10-16(14-24)11-13-17)23(26)22-18-6-2-4-8-20(18)27-21-9-5-3-7-19(21)22/h2-13,22H,15H2,1H3. The highest BCUT2D eigenvalue weighted by atomic mass is 16.5. The molecule has 1 amide bonds. The topological polar surface area (TPSA) is 53.3 Å². The highest BCUT2D eigenvalue weighted by Crippen LogP contribution is 2.44. The molecule has 0 bridgehead atoms. The van der Waals surface area contributed by atoms with Crippen LogP contribution >= 0.6 is 0 Å². The lowest BCUT2D eigenvalue weighted by Gasteiger charge is -2.30. The van der Waals surface area contributed by atoms with E-state index in [0.717, 1.165) is 28.2 Å². The molecule has 4 heteroatoms. The molecule has 0 spiro atoms. The summed E-state index contributed by atoms with van der Waals surface area (Å²) in [4.78, 5) is 15.1. The summed E-state index contributed by atoms with van der Waals surface area (Å²) in [5.41, 5.74) is 3.36. The molecule has 3 aromatic carbocycles. The summed E-state index contributed by atoms with van der Waals surface area (Å²) >= 11 is 0. The number of nitrogens with zero attached hydrogens (tertiary/aromatic N) is 2. The van der Waals surface area contributed by atoms with Crippen molar-refractivity contribution in [2.24, 2.45) is 0 Å². The maximum Gasteiger partial charge on any atom is 0.234 e. The van der Waals surface area contributed by atoms with Crippen molar-refractivity contribution in [3.05, 3.63) is 95.1 Å². The van der Waals surface area contributed by atoms with Crippen LogP contribution in [-0.4, -0.2) is 17.9 Å². The Morgan fingerprint density at radius 1 is 0.963 bits per heavy atom. The van der Waals surface area contributed by atoms with Crippen LogP contribution in [0.4, 0.5) is 0 Å². The molecule has 27 heavy (non-hydrogen) atoms. The van der Waals surface area contributed by atoms with Crippen LogP contribution in [0.1, 0.15) is 28.2 Å². The summed E-state index contributed by atoms with van der Waals surface area (Å²) in [5, 5.41) is 8.93. The molecule has 0 aliphatic carbocycles. The first-order valence-electron chi connectivity index (χ1n) is 8.77. The van der Waals surface area contributed by atoms with Crippen molar-refractivity contribution >= 4 is 5.91 Å². The van der Waals surface area contributed by atoms with E-state index in [4.69, 9.17) is 10.00 Å². The summed E-state index contributed by atoms with van der Waals surface area (Å²) in [7, 11) is 1.81. The van der Waals surface area contributed by atoms with Gasteiger partial charge in [-0.15, -0.1) is 0 Å². The third kappa shape index (κ3) is 3.16. The Bertz CT molecular complexity index is 989. The van der Waals surface area contributed by atoms with Crippen molar-refractivity contribution in [1.82, 2.24) is 4.90 Å². The fourth-order valence-corrected chi connectivity index (χ4v) is 3.43. The zero-order valence-electron chi connectivity index (χ0n) is 14.9. The zero-order valence-corrected chi connectivity index (χ0v) is 14.9. The molecule has 0 saturated heterocycles. The lowest BCUT2D eigenvalue weighted by molar-refractivity contribution is -0.131. The average molecular weight is 354 g/mol. The van der Waals surface area contributed by atoms with Crippen molar-refractivity contribution in [2.45, 2.75) is 12.5 Å². The summed E-state index contributed by atoms with van der Waals surface area (Å²) in [6, 6.07) is 24.8. The Balaban J connectivity index is 1.65. The number of hydrogen-bond donors (Lipinski definition) is 0. The van der Waals surface area contributed by atoms with Crippen LogP contribution in [0.5, 0.6) is 11.5 Å². The molecule has 1 aliphatic heterocycles. The molecule has 0 aromatic heterocycles. The van der Waals surface area contributed by atoms with E-state index in [1.807, 2.05) is 60.7 Å². The summed E-state index contributed by atoms with van der Waals surface area (Å²) in [6.45, 7) is 0.478. The minimum Gasteiger partial charge on any atom is -0.457 e. The maximum atomic E-state index is 13.4. The molecule has 1 aliphatic rings. The second kappa shape index (κ2) is 6.97. The van der Waals surface area contributed by atoms with Crippen LogP contribution in [0.2, 0.25) is 0 Å². The van der Waals surface area contributed by atoms with Gasteiger partial charge in [0, 0.05) is 24.7 Å². The molecule has 0 radical (unpaired) electrons. The van der Waals surface area contributed by atoms with Gasteiger partial charge in [-0.05, 0) is 29.8 Å². The molecule has 132 valence electrons. The number of hydrogen-bond acceptors (Lipinski definition) is 3. The first-order chi connectivity index (χ1) is 13.2. The molecular formula is C23H18N2O2. The molecule has 0 fully saturated rings. The number of carbonyl (C=O) groups is 1. The predicted molar refractivity (Wildman–Crippen MR) is 102 cm³/mol. The van der Waals surface area contributed by atoms with E-state index in [2.05, 4.69) is 6.07 Å². The number of fused-ring (bicyclic) bond motifs is 2. The first-order valence-corrected chi connectivity index (χ1v) is 8.77. The van der Waals surface area contributed by atoms with E-state index < -0.39 is 5.92 Å². The van der Waals surface area contributed by atoms with Gasteiger partial charge in [-0.2, -0.15) is 5.26 Å². The van der Waals surface area contributed by atoms with Gasteiger partial charge in [-0.25, -0.2) is 0 Å². The third-order valence-electron chi connectivity index (χ3n) is 4.81. The second-order valence-electron chi connectivity index (χ2n) is 6.61. The van der Waals surface area contributed by atoms with Gasteiger partial charge < -0.3 is 9.64 Å². The highest BCUT2D eigenvalue weighted by Gasteiger charge is 2.34. The van der Waals surface area contributed by atoms with Crippen molar-refractivity contribution in [3.8, 4) is 17.6 Å².